The van der Waals surface area contributed by atoms with E-state index in [9.17, 15) is 0 Å². The Hall–Kier alpha value is -0.830. The summed E-state index contributed by atoms with van der Waals surface area (Å²) in [6.45, 7) is 4.05. The van der Waals surface area contributed by atoms with Gasteiger partial charge in [0.25, 0.3) is 0 Å². The average Bonchev–Trinajstić information content (AvgIpc) is 2.03. The standard InChI is InChI=1S/C8H8BrNO/c1-2-6-11-7-4-3-5-10-8(7)9/h2-5H,1,6H2. The fraction of sp³-hybridized carbons (Fsp3) is 0.125. The summed E-state index contributed by atoms with van der Waals surface area (Å²) in [5.41, 5.74) is 0. The third-order valence-corrected chi connectivity index (χ3v) is 1.68. The zero-order valence-electron chi connectivity index (χ0n) is 5.96. The van der Waals surface area contributed by atoms with Gasteiger partial charge in [-0.25, -0.2) is 4.98 Å². The molecule has 0 aliphatic carbocycles. The zero-order valence-corrected chi connectivity index (χ0v) is 7.54. The Morgan fingerprint density at radius 3 is 3.18 bits per heavy atom. The van der Waals surface area contributed by atoms with E-state index in [2.05, 4.69) is 27.5 Å². The van der Waals surface area contributed by atoms with Crippen molar-refractivity contribution in [3.8, 4) is 5.75 Å². The van der Waals surface area contributed by atoms with Crippen LogP contribution in [0.2, 0.25) is 0 Å². The van der Waals surface area contributed by atoms with Crippen LogP contribution in [0.5, 0.6) is 5.75 Å². The Balaban J connectivity index is 2.69. The van der Waals surface area contributed by atoms with Crippen molar-refractivity contribution in [1.29, 1.82) is 0 Å². The van der Waals surface area contributed by atoms with E-state index in [4.69, 9.17) is 4.74 Å². The zero-order chi connectivity index (χ0) is 8.10. The summed E-state index contributed by atoms with van der Waals surface area (Å²) < 4.78 is 5.98. The molecule has 1 aromatic rings. The minimum absolute atomic E-state index is 0.504. The molecule has 0 bridgehead atoms. The first-order valence-electron chi connectivity index (χ1n) is 3.19. The first-order chi connectivity index (χ1) is 5.34. The van der Waals surface area contributed by atoms with Crippen LogP contribution in [0.4, 0.5) is 0 Å². The highest BCUT2D eigenvalue weighted by Crippen LogP contribution is 2.20. The Bertz CT molecular complexity index is 250. The second-order valence-corrected chi connectivity index (χ2v) is 2.64. The molecule has 1 heterocycles. The number of aromatic nitrogens is 1. The van der Waals surface area contributed by atoms with Gasteiger partial charge >= 0.3 is 0 Å². The molecule has 2 nitrogen and oxygen atoms in total. The lowest BCUT2D eigenvalue weighted by atomic mass is 10.5. The summed E-state index contributed by atoms with van der Waals surface area (Å²) in [5, 5.41) is 0. The maximum Gasteiger partial charge on any atom is 0.152 e. The maximum absolute atomic E-state index is 5.26. The van der Waals surface area contributed by atoms with Crippen molar-refractivity contribution in [3.05, 3.63) is 35.6 Å². The number of ether oxygens (including phenoxy) is 1. The van der Waals surface area contributed by atoms with Crippen LogP contribution >= 0.6 is 15.9 Å². The van der Waals surface area contributed by atoms with Crippen molar-refractivity contribution in [3.63, 3.8) is 0 Å². The number of hydrogen-bond acceptors (Lipinski definition) is 2. The Labute approximate surface area is 74.0 Å². The first-order valence-corrected chi connectivity index (χ1v) is 3.98. The number of nitrogens with zero attached hydrogens (tertiary/aromatic N) is 1. The van der Waals surface area contributed by atoms with Crippen molar-refractivity contribution in [1.82, 2.24) is 4.98 Å². The van der Waals surface area contributed by atoms with Gasteiger partial charge in [0.05, 0.1) is 0 Å². The highest BCUT2D eigenvalue weighted by atomic mass is 79.9. The van der Waals surface area contributed by atoms with Crippen LogP contribution in [0.1, 0.15) is 0 Å². The van der Waals surface area contributed by atoms with Crippen LogP contribution in [0, 0.1) is 0 Å². The third kappa shape index (κ3) is 2.35. The van der Waals surface area contributed by atoms with Gasteiger partial charge in [-0.15, -0.1) is 0 Å². The van der Waals surface area contributed by atoms with Crippen molar-refractivity contribution < 1.29 is 4.74 Å². The molecule has 0 aromatic carbocycles. The highest BCUT2D eigenvalue weighted by Gasteiger charge is 1.97. The molecule has 3 heteroatoms. The van der Waals surface area contributed by atoms with Gasteiger partial charge in [0.1, 0.15) is 11.2 Å². The van der Waals surface area contributed by atoms with Crippen molar-refractivity contribution in [2.45, 2.75) is 0 Å². The fourth-order valence-electron chi connectivity index (χ4n) is 0.628. The Morgan fingerprint density at radius 1 is 1.73 bits per heavy atom. The highest BCUT2D eigenvalue weighted by molar-refractivity contribution is 9.10. The van der Waals surface area contributed by atoms with E-state index in [0.29, 0.717) is 6.61 Å². The summed E-state index contributed by atoms with van der Waals surface area (Å²) >= 11 is 3.26. The fourth-order valence-corrected chi connectivity index (χ4v) is 0.992. The number of halogens is 1. The van der Waals surface area contributed by atoms with Crippen molar-refractivity contribution in [2.75, 3.05) is 6.61 Å². The average molecular weight is 214 g/mol. The lowest BCUT2D eigenvalue weighted by Crippen LogP contribution is -1.93. The predicted octanol–water partition coefficient (Wildman–Crippen LogP) is 2.41. The van der Waals surface area contributed by atoms with Gasteiger partial charge in [-0.05, 0) is 28.1 Å². The lowest BCUT2D eigenvalue weighted by Gasteiger charge is -2.02. The number of pyridine rings is 1. The molecule has 1 rings (SSSR count). The minimum Gasteiger partial charge on any atom is -0.487 e. The van der Waals surface area contributed by atoms with Crippen LogP contribution in [-0.4, -0.2) is 11.6 Å². The van der Waals surface area contributed by atoms with E-state index < -0.39 is 0 Å². The van der Waals surface area contributed by atoms with E-state index in [1.165, 1.54) is 0 Å². The second kappa shape index (κ2) is 4.13. The van der Waals surface area contributed by atoms with E-state index in [1.807, 2.05) is 12.1 Å². The largest absolute Gasteiger partial charge is 0.487 e. The summed E-state index contributed by atoms with van der Waals surface area (Å²) in [6.07, 6.45) is 3.39. The van der Waals surface area contributed by atoms with Gasteiger partial charge < -0.3 is 4.74 Å². The molecular formula is C8H8BrNO. The lowest BCUT2D eigenvalue weighted by molar-refractivity contribution is 0.359. The monoisotopic (exact) mass is 213 g/mol. The minimum atomic E-state index is 0.504. The number of rotatable bonds is 3. The van der Waals surface area contributed by atoms with E-state index in [-0.39, 0.29) is 0 Å². The van der Waals surface area contributed by atoms with Crippen molar-refractivity contribution in [2.24, 2.45) is 0 Å². The quantitative estimate of drug-likeness (QED) is 0.569. The maximum atomic E-state index is 5.26. The molecule has 0 spiro atoms. The predicted molar refractivity (Wildman–Crippen MR) is 47.6 cm³/mol. The van der Waals surface area contributed by atoms with Crippen molar-refractivity contribution >= 4 is 15.9 Å². The molecule has 0 saturated carbocycles. The van der Waals surface area contributed by atoms with Gasteiger partial charge in [-0.2, -0.15) is 0 Å². The normalized spacial score (nSPS) is 9.18. The summed E-state index contributed by atoms with van der Waals surface area (Å²) in [6, 6.07) is 3.67. The van der Waals surface area contributed by atoms with Crippen LogP contribution in [0.3, 0.4) is 0 Å². The van der Waals surface area contributed by atoms with E-state index in [0.717, 1.165) is 10.4 Å². The van der Waals surface area contributed by atoms with Gasteiger partial charge in [-0.3, -0.25) is 0 Å². The SMILES string of the molecule is C=CCOc1cccnc1Br. The molecular weight excluding hydrogens is 206 g/mol. The smallest absolute Gasteiger partial charge is 0.152 e. The summed E-state index contributed by atoms with van der Waals surface area (Å²) in [4.78, 5) is 3.99. The molecule has 58 valence electrons. The van der Waals surface area contributed by atoms with E-state index in [1.54, 1.807) is 12.3 Å². The van der Waals surface area contributed by atoms with Gasteiger partial charge in [-0.1, -0.05) is 12.7 Å². The van der Waals surface area contributed by atoms with Gasteiger partial charge in [0, 0.05) is 6.20 Å². The molecule has 0 saturated heterocycles. The second-order valence-electron chi connectivity index (χ2n) is 1.89. The Morgan fingerprint density at radius 2 is 2.55 bits per heavy atom. The van der Waals surface area contributed by atoms with Crippen LogP contribution in [0.25, 0.3) is 0 Å². The van der Waals surface area contributed by atoms with Gasteiger partial charge in [0.15, 0.2) is 5.75 Å². The van der Waals surface area contributed by atoms with E-state index >= 15 is 0 Å². The molecule has 0 N–H and O–H groups in total. The molecule has 0 fully saturated rings. The van der Waals surface area contributed by atoms with Crippen LogP contribution in [-0.2, 0) is 0 Å². The molecule has 0 unspecified atom stereocenters. The molecule has 0 atom stereocenters. The topological polar surface area (TPSA) is 22.1 Å². The molecule has 0 aliphatic heterocycles. The Kier molecular flexibility index (Phi) is 3.11. The molecule has 1 aromatic heterocycles. The molecule has 11 heavy (non-hydrogen) atoms. The third-order valence-electron chi connectivity index (χ3n) is 1.08. The summed E-state index contributed by atoms with van der Waals surface area (Å²) in [5.74, 6) is 0.743. The molecule has 0 radical (unpaired) electrons. The number of hydrogen-bond donors (Lipinski definition) is 0. The van der Waals surface area contributed by atoms with Crippen LogP contribution < -0.4 is 4.74 Å². The molecule has 0 aliphatic rings. The first kappa shape index (κ1) is 8.27. The van der Waals surface area contributed by atoms with Crippen LogP contribution in [0.15, 0.2) is 35.6 Å². The van der Waals surface area contributed by atoms with Gasteiger partial charge in [0.2, 0.25) is 0 Å². The molecule has 0 amide bonds. The summed E-state index contributed by atoms with van der Waals surface area (Å²) in [7, 11) is 0.